The highest BCUT2D eigenvalue weighted by atomic mass is 16.8. The summed E-state index contributed by atoms with van der Waals surface area (Å²) in [4.78, 5) is 0. The van der Waals surface area contributed by atoms with Crippen LogP contribution in [0, 0.1) is 0 Å². The van der Waals surface area contributed by atoms with E-state index in [0.29, 0.717) is 0 Å². The third-order valence-corrected chi connectivity index (χ3v) is 5.94. The summed E-state index contributed by atoms with van der Waals surface area (Å²) in [5.41, 5.74) is 0. The molecule has 0 saturated carbocycles. The van der Waals surface area contributed by atoms with E-state index in [1.807, 2.05) is 0 Å². The van der Waals surface area contributed by atoms with Gasteiger partial charge in [-0.15, -0.1) is 0 Å². The highest BCUT2D eigenvalue weighted by Crippen LogP contribution is 2.32. The molecule has 3 saturated heterocycles. The van der Waals surface area contributed by atoms with E-state index in [9.17, 15) is 46.0 Å². The fourth-order valence-corrected chi connectivity index (χ4v) is 3.91. The second-order valence-corrected chi connectivity index (χ2v) is 8.22. The molecule has 0 aromatic rings. The molecule has 0 aromatic heterocycles. The predicted molar refractivity (Wildman–Crippen MR) is 98.5 cm³/mol. The Morgan fingerprint density at radius 3 is 1.88 bits per heavy atom. The number of hydrogen-bond acceptors (Lipinski definition) is 14. The second-order valence-electron chi connectivity index (χ2n) is 8.22. The van der Waals surface area contributed by atoms with E-state index in [1.165, 1.54) is 0 Å². The Kier molecular flexibility index (Phi) is 8.79. The molecule has 3 aliphatic rings. The minimum atomic E-state index is -1.82. The van der Waals surface area contributed by atoms with Crippen LogP contribution in [-0.2, 0) is 23.7 Å². The molecule has 0 aromatic carbocycles. The molecule has 3 heterocycles. The highest BCUT2D eigenvalue weighted by molar-refractivity contribution is 4.95. The lowest BCUT2D eigenvalue weighted by molar-refractivity contribution is -0.382. The predicted octanol–water partition coefficient (Wildman–Crippen LogP) is -5.52. The van der Waals surface area contributed by atoms with Gasteiger partial charge in [0.2, 0.25) is 0 Å². The summed E-state index contributed by atoms with van der Waals surface area (Å²) in [5.74, 6) is 0. The zero-order valence-electron chi connectivity index (χ0n) is 17.3. The van der Waals surface area contributed by atoms with Crippen molar-refractivity contribution in [1.82, 2.24) is 0 Å². The van der Waals surface area contributed by atoms with Crippen LogP contribution in [0.3, 0.4) is 0 Å². The first-order chi connectivity index (χ1) is 15.1. The zero-order chi connectivity index (χ0) is 23.7. The summed E-state index contributed by atoms with van der Waals surface area (Å²) in [6.45, 7) is 0.126. The summed E-state index contributed by atoms with van der Waals surface area (Å²) in [6.07, 6.45) is -20.4. The number of ether oxygens (including phenoxy) is 5. The Balaban J connectivity index is 1.79. The van der Waals surface area contributed by atoms with Crippen molar-refractivity contribution in [2.45, 2.75) is 99.4 Å². The van der Waals surface area contributed by atoms with Crippen molar-refractivity contribution < 1.29 is 69.6 Å². The minimum absolute atomic E-state index is 0.0879. The van der Waals surface area contributed by atoms with Crippen molar-refractivity contribution in [3.63, 3.8) is 0 Å². The molecule has 14 atom stereocenters. The van der Waals surface area contributed by atoms with Crippen LogP contribution in [0.25, 0.3) is 0 Å². The molecule has 3 fully saturated rings. The number of hydrogen-bond donors (Lipinski definition) is 9. The molecule has 0 amide bonds. The minimum Gasteiger partial charge on any atom is -0.394 e. The third-order valence-electron chi connectivity index (χ3n) is 5.94. The van der Waals surface area contributed by atoms with E-state index in [2.05, 4.69) is 0 Å². The van der Waals surface area contributed by atoms with Gasteiger partial charge >= 0.3 is 0 Å². The monoisotopic (exact) mass is 472 g/mol. The molecule has 0 aliphatic carbocycles. The average molecular weight is 472 g/mol. The van der Waals surface area contributed by atoms with Crippen LogP contribution in [0.2, 0.25) is 0 Å². The lowest BCUT2D eigenvalue weighted by Crippen LogP contribution is -2.65. The lowest BCUT2D eigenvalue weighted by Gasteiger charge is -2.47. The smallest absolute Gasteiger partial charge is 0.187 e. The Morgan fingerprint density at radius 2 is 1.25 bits per heavy atom. The summed E-state index contributed by atoms with van der Waals surface area (Å²) in [7, 11) is 0. The largest absolute Gasteiger partial charge is 0.394 e. The summed E-state index contributed by atoms with van der Waals surface area (Å²) in [6, 6.07) is 0. The average Bonchev–Trinajstić information content (AvgIpc) is 2.76. The van der Waals surface area contributed by atoms with Crippen LogP contribution >= 0.6 is 0 Å². The topological polar surface area (TPSA) is 228 Å². The van der Waals surface area contributed by atoms with E-state index >= 15 is 0 Å². The standard InChI is InChI=1S/C18H32O14/c1-5-6(21)2-7(22)17(28-5)31-14-11(24)9(4-20)29-16(27)15(14)32-18-13(26)12(25)10(23)8(3-19)30-18/h5-27H,2-4H2,1H3/t5-,6-,7-,8-,9-,10+,11-,12+,13-,14+,15+,16?,17-,18+/m1/s1. The Morgan fingerprint density at radius 1 is 0.656 bits per heavy atom. The number of aliphatic hydroxyl groups is 9. The maximum atomic E-state index is 10.6. The van der Waals surface area contributed by atoms with Crippen molar-refractivity contribution in [2.24, 2.45) is 0 Å². The Hall–Kier alpha value is -0.560. The highest BCUT2D eigenvalue weighted by Gasteiger charge is 2.52. The molecule has 14 heteroatoms. The van der Waals surface area contributed by atoms with Crippen molar-refractivity contribution in [1.29, 1.82) is 0 Å². The molecule has 1 unspecified atom stereocenters. The SMILES string of the molecule is C[C@H]1O[C@H](O[C@H]2[C@H](O)[C@@H](CO)OC(O)[C@H]2O[C@@H]2O[C@H](CO)[C@H](O)[C@H](O)[C@H]2O)[C@H](O)C[C@H]1O. The first kappa shape index (κ1) is 26.1. The van der Waals surface area contributed by atoms with E-state index in [4.69, 9.17) is 23.7 Å². The number of aliphatic hydroxyl groups excluding tert-OH is 9. The van der Waals surface area contributed by atoms with E-state index in [-0.39, 0.29) is 6.42 Å². The molecule has 3 aliphatic heterocycles. The molecule has 3 rings (SSSR count). The quantitative estimate of drug-likeness (QED) is 0.176. The maximum absolute atomic E-state index is 10.6. The van der Waals surface area contributed by atoms with Crippen LogP contribution in [0.4, 0.5) is 0 Å². The van der Waals surface area contributed by atoms with Gasteiger partial charge in [-0.2, -0.15) is 0 Å². The van der Waals surface area contributed by atoms with Crippen molar-refractivity contribution in [3.8, 4) is 0 Å². The van der Waals surface area contributed by atoms with Crippen LogP contribution in [0.1, 0.15) is 13.3 Å². The molecular formula is C18H32O14. The fraction of sp³-hybridized carbons (Fsp3) is 1.00. The van der Waals surface area contributed by atoms with Gasteiger partial charge in [-0.05, 0) is 6.92 Å². The fourth-order valence-electron chi connectivity index (χ4n) is 3.91. The van der Waals surface area contributed by atoms with Crippen LogP contribution in [0.15, 0.2) is 0 Å². The van der Waals surface area contributed by atoms with Crippen molar-refractivity contribution in [3.05, 3.63) is 0 Å². The second kappa shape index (κ2) is 10.8. The molecule has 9 N–H and O–H groups in total. The van der Waals surface area contributed by atoms with Gasteiger partial charge < -0.3 is 69.6 Å². The van der Waals surface area contributed by atoms with Gasteiger partial charge in [0.1, 0.15) is 54.9 Å². The van der Waals surface area contributed by atoms with Crippen molar-refractivity contribution >= 4 is 0 Å². The zero-order valence-corrected chi connectivity index (χ0v) is 17.3. The number of rotatable bonds is 6. The van der Waals surface area contributed by atoms with Gasteiger partial charge in [0, 0.05) is 6.42 Å². The summed E-state index contributed by atoms with van der Waals surface area (Å²) >= 11 is 0. The van der Waals surface area contributed by atoms with Crippen molar-refractivity contribution in [2.75, 3.05) is 13.2 Å². The van der Waals surface area contributed by atoms with Crippen LogP contribution in [-0.4, -0.2) is 145 Å². The molecule has 0 spiro atoms. The molecule has 188 valence electrons. The lowest BCUT2D eigenvalue weighted by atomic mass is 9.96. The molecular weight excluding hydrogens is 440 g/mol. The van der Waals surface area contributed by atoms with E-state index in [0.717, 1.165) is 0 Å². The Bertz CT molecular complexity index is 594. The van der Waals surface area contributed by atoms with Gasteiger partial charge in [-0.3, -0.25) is 0 Å². The van der Waals surface area contributed by atoms with Crippen LogP contribution < -0.4 is 0 Å². The van der Waals surface area contributed by atoms with Crippen LogP contribution in [0.5, 0.6) is 0 Å². The summed E-state index contributed by atoms with van der Waals surface area (Å²) < 4.78 is 27.0. The molecule has 0 bridgehead atoms. The van der Waals surface area contributed by atoms with Gasteiger partial charge in [-0.25, -0.2) is 0 Å². The van der Waals surface area contributed by atoms with Gasteiger partial charge in [-0.1, -0.05) is 0 Å². The Labute approximate surface area is 183 Å². The van der Waals surface area contributed by atoms with E-state index in [1.54, 1.807) is 6.92 Å². The normalized spacial score (nSPS) is 52.7. The molecule has 32 heavy (non-hydrogen) atoms. The molecule has 14 nitrogen and oxygen atoms in total. The summed E-state index contributed by atoms with van der Waals surface area (Å²) in [5, 5.41) is 89.9. The molecule has 0 radical (unpaired) electrons. The first-order valence-corrected chi connectivity index (χ1v) is 10.3. The van der Waals surface area contributed by atoms with Gasteiger partial charge in [0.15, 0.2) is 18.9 Å². The third kappa shape index (κ3) is 5.24. The van der Waals surface area contributed by atoms with E-state index < -0.39 is 99.2 Å². The van der Waals surface area contributed by atoms with Gasteiger partial charge in [0.25, 0.3) is 0 Å². The van der Waals surface area contributed by atoms with Gasteiger partial charge in [0.05, 0.1) is 25.4 Å². The first-order valence-electron chi connectivity index (χ1n) is 10.3. The maximum Gasteiger partial charge on any atom is 0.187 e.